The maximum atomic E-state index is 14.2. The molecule has 0 amide bonds. The number of unbranched alkanes of at least 4 members (excludes halogenated alkanes) is 9. The third kappa shape index (κ3) is 8.20. The highest BCUT2D eigenvalue weighted by Gasteiger charge is 2.32. The monoisotopic (exact) mass is 475 g/mol. The van der Waals surface area contributed by atoms with Crippen LogP contribution < -0.4 is 0 Å². The lowest BCUT2D eigenvalue weighted by Crippen LogP contribution is -2.17. The van der Waals surface area contributed by atoms with Crippen molar-refractivity contribution in [3.05, 3.63) is 58.5 Å². The minimum absolute atomic E-state index is 0.0917. The molecule has 0 N–H and O–H groups in total. The Kier molecular flexibility index (Phi) is 11.5. The summed E-state index contributed by atoms with van der Waals surface area (Å²) in [5, 5.41) is -0.680. The van der Waals surface area contributed by atoms with E-state index in [1.54, 1.807) is 18.3 Å². The van der Waals surface area contributed by atoms with E-state index in [0.29, 0.717) is 18.4 Å². The largest absolute Gasteiger partial charge is 0.244 e. The van der Waals surface area contributed by atoms with Crippen molar-refractivity contribution in [2.75, 3.05) is 0 Å². The van der Waals surface area contributed by atoms with Crippen LogP contribution in [0.4, 0.5) is 4.39 Å². The number of benzene rings is 1. The summed E-state index contributed by atoms with van der Waals surface area (Å²) in [6.07, 6.45) is 14.7. The first-order chi connectivity index (χ1) is 15.8. The predicted octanol–water partition coefficient (Wildman–Crippen LogP) is 8.23. The van der Waals surface area contributed by atoms with Crippen LogP contribution in [0.15, 0.2) is 35.5 Å². The van der Waals surface area contributed by atoms with Crippen LogP contribution in [0.3, 0.4) is 0 Å². The normalized spacial score (nSPS) is 12.8. The lowest BCUT2D eigenvalue weighted by atomic mass is 9.98. The molecule has 5 heteroatoms. The van der Waals surface area contributed by atoms with Gasteiger partial charge in [-0.15, -0.1) is 0 Å². The molecule has 3 nitrogen and oxygen atoms in total. The standard InChI is InChI=1S/C28H42FNO2S/c1-5-7-8-9-10-11-12-13-14-15-16-27(26-20-25(29)18-17-24(26)6-2)33(31,32)28-19-22(3)23(4)21-30-28/h17-21,27H,5-16H2,1-4H3. The summed E-state index contributed by atoms with van der Waals surface area (Å²) in [5.41, 5.74) is 3.34. The molecule has 2 aromatic rings. The molecule has 1 atom stereocenters. The molecule has 0 aliphatic heterocycles. The van der Waals surface area contributed by atoms with Crippen molar-refractivity contribution >= 4 is 9.84 Å². The van der Waals surface area contributed by atoms with Gasteiger partial charge in [0.05, 0.1) is 5.25 Å². The van der Waals surface area contributed by atoms with Gasteiger partial charge in [0.1, 0.15) is 5.82 Å². The molecule has 1 unspecified atom stereocenters. The van der Waals surface area contributed by atoms with E-state index < -0.39 is 20.9 Å². The van der Waals surface area contributed by atoms with Crippen molar-refractivity contribution in [3.63, 3.8) is 0 Å². The summed E-state index contributed by atoms with van der Waals surface area (Å²) in [7, 11) is -3.73. The Labute approximate surface area is 201 Å². The maximum absolute atomic E-state index is 14.2. The molecule has 0 bridgehead atoms. The first-order valence-corrected chi connectivity index (χ1v) is 14.3. The number of rotatable bonds is 15. The third-order valence-electron chi connectivity index (χ3n) is 6.67. The summed E-state index contributed by atoms with van der Waals surface area (Å²) in [5.74, 6) is -0.390. The van der Waals surface area contributed by atoms with Crippen LogP contribution in [0.5, 0.6) is 0 Å². The van der Waals surface area contributed by atoms with E-state index in [-0.39, 0.29) is 5.03 Å². The fourth-order valence-corrected chi connectivity index (χ4v) is 6.25. The van der Waals surface area contributed by atoms with Crippen molar-refractivity contribution in [3.8, 4) is 0 Å². The van der Waals surface area contributed by atoms with E-state index in [2.05, 4.69) is 11.9 Å². The van der Waals surface area contributed by atoms with Gasteiger partial charge < -0.3 is 0 Å². The fraction of sp³-hybridized carbons (Fsp3) is 0.607. The van der Waals surface area contributed by atoms with Gasteiger partial charge in [0, 0.05) is 6.20 Å². The number of aryl methyl sites for hydroxylation is 3. The van der Waals surface area contributed by atoms with Gasteiger partial charge in [0.2, 0.25) is 9.84 Å². The Morgan fingerprint density at radius 1 is 0.848 bits per heavy atom. The van der Waals surface area contributed by atoms with E-state index in [1.165, 1.54) is 57.1 Å². The van der Waals surface area contributed by atoms with Crippen molar-refractivity contribution in [1.82, 2.24) is 4.98 Å². The van der Waals surface area contributed by atoms with E-state index in [9.17, 15) is 12.8 Å². The van der Waals surface area contributed by atoms with Crippen LogP contribution in [-0.4, -0.2) is 13.4 Å². The first kappa shape index (κ1) is 27.5. The van der Waals surface area contributed by atoms with Gasteiger partial charge >= 0.3 is 0 Å². The summed E-state index contributed by atoms with van der Waals surface area (Å²) >= 11 is 0. The van der Waals surface area contributed by atoms with Gasteiger partial charge in [0.15, 0.2) is 5.03 Å². The average Bonchev–Trinajstić information content (AvgIpc) is 2.79. The minimum Gasteiger partial charge on any atom is -0.244 e. The van der Waals surface area contributed by atoms with Crippen molar-refractivity contribution in [1.29, 1.82) is 0 Å². The number of hydrogen-bond acceptors (Lipinski definition) is 3. The molecule has 1 heterocycles. The molecule has 0 saturated carbocycles. The summed E-state index contributed by atoms with van der Waals surface area (Å²) < 4.78 is 41.5. The fourth-order valence-electron chi connectivity index (χ4n) is 4.38. The van der Waals surface area contributed by atoms with Crippen molar-refractivity contribution in [2.45, 2.75) is 115 Å². The zero-order valence-electron chi connectivity index (χ0n) is 21.0. The Bertz CT molecular complexity index is 972. The Balaban J connectivity index is 2.11. The van der Waals surface area contributed by atoms with Gasteiger partial charge in [-0.3, -0.25) is 0 Å². The van der Waals surface area contributed by atoms with Gasteiger partial charge in [-0.25, -0.2) is 17.8 Å². The van der Waals surface area contributed by atoms with Gasteiger partial charge in [-0.05, 0) is 67.1 Å². The Morgan fingerprint density at radius 2 is 1.45 bits per heavy atom. The van der Waals surface area contributed by atoms with Gasteiger partial charge in [0.25, 0.3) is 0 Å². The van der Waals surface area contributed by atoms with Crippen LogP contribution in [0.1, 0.15) is 112 Å². The van der Waals surface area contributed by atoms with E-state index >= 15 is 0 Å². The zero-order valence-corrected chi connectivity index (χ0v) is 21.8. The molecule has 0 aliphatic rings. The summed E-state index contributed by atoms with van der Waals surface area (Å²) in [6.45, 7) is 8.03. The molecule has 0 aliphatic carbocycles. The summed E-state index contributed by atoms with van der Waals surface area (Å²) in [6, 6.07) is 6.21. The second-order valence-corrected chi connectivity index (χ2v) is 11.4. The van der Waals surface area contributed by atoms with Crippen molar-refractivity contribution in [2.24, 2.45) is 0 Å². The number of pyridine rings is 1. The van der Waals surface area contributed by atoms with E-state index in [0.717, 1.165) is 36.0 Å². The molecule has 0 saturated heterocycles. The third-order valence-corrected chi connectivity index (χ3v) is 8.71. The van der Waals surface area contributed by atoms with Crippen LogP contribution in [0.2, 0.25) is 0 Å². The molecule has 0 radical (unpaired) electrons. The minimum atomic E-state index is -3.73. The highest BCUT2D eigenvalue weighted by molar-refractivity contribution is 7.91. The zero-order chi connectivity index (χ0) is 24.3. The highest BCUT2D eigenvalue weighted by Crippen LogP contribution is 2.36. The summed E-state index contributed by atoms with van der Waals surface area (Å²) in [4.78, 5) is 4.25. The highest BCUT2D eigenvalue weighted by atomic mass is 32.2. The topological polar surface area (TPSA) is 47.0 Å². The maximum Gasteiger partial charge on any atom is 0.202 e. The molecule has 1 aromatic heterocycles. The number of hydrogen-bond donors (Lipinski definition) is 0. The second-order valence-electron chi connectivity index (χ2n) is 9.31. The smallest absolute Gasteiger partial charge is 0.202 e. The van der Waals surface area contributed by atoms with E-state index in [1.807, 2.05) is 20.8 Å². The molecule has 184 valence electrons. The first-order valence-electron chi connectivity index (χ1n) is 12.8. The quantitative estimate of drug-likeness (QED) is 0.244. The molecule has 1 aromatic carbocycles. The Hall–Kier alpha value is -1.75. The van der Waals surface area contributed by atoms with Crippen molar-refractivity contribution < 1.29 is 12.8 Å². The molecule has 0 fully saturated rings. The molecule has 2 rings (SSSR count). The lowest BCUT2D eigenvalue weighted by molar-refractivity contribution is 0.533. The number of halogens is 1. The molecular formula is C28H42FNO2S. The molecule has 33 heavy (non-hydrogen) atoms. The SMILES string of the molecule is CCCCCCCCCCCCC(c1cc(F)ccc1CC)S(=O)(=O)c1cc(C)c(C)cn1. The van der Waals surface area contributed by atoms with Gasteiger partial charge in [-0.1, -0.05) is 84.1 Å². The van der Waals surface area contributed by atoms with Crippen LogP contribution in [0.25, 0.3) is 0 Å². The van der Waals surface area contributed by atoms with E-state index in [4.69, 9.17) is 0 Å². The lowest BCUT2D eigenvalue weighted by Gasteiger charge is -2.21. The van der Waals surface area contributed by atoms with Gasteiger partial charge in [-0.2, -0.15) is 0 Å². The van der Waals surface area contributed by atoms with Crippen LogP contribution in [-0.2, 0) is 16.3 Å². The molecular weight excluding hydrogens is 433 g/mol. The average molecular weight is 476 g/mol. The predicted molar refractivity (Wildman–Crippen MR) is 136 cm³/mol. The van der Waals surface area contributed by atoms with Crippen LogP contribution in [0, 0.1) is 19.7 Å². The molecule has 0 spiro atoms. The number of nitrogens with zero attached hydrogens (tertiary/aromatic N) is 1. The Morgan fingerprint density at radius 3 is 2.03 bits per heavy atom. The number of sulfone groups is 1. The van der Waals surface area contributed by atoms with Crippen LogP contribution >= 0.6 is 0 Å². The second kappa shape index (κ2) is 13.8. The number of aromatic nitrogens is 1.